The second-order valence-electron chi connectivity index (χ2n) is 3.51. The number of oxazole rings is 1. The lowest BCUT2D eigenvalue weighted by molar-refractivity contribution is 0.343. The smallest absolute Gasteiger partial charge is 0.400 e. The van der Waals surface area contributed by atoms with Crippen molar-refractivity contribution in [3.05, 3.63) is 53.0 Å². The van der Waals surface area contributed by atoms with Gasteiger partial charge in [-0.3, -0.25) is 0 Å². The lowest BCUT2D eigenvalue weighted by atomic mass is 10.3. The second-order valence-corrected chi connectivity index (χ2v) is 4.42. The minimum Gasteiger partial charge on any atom is -0.411 e. The summed E-state index contributed by atoms with van der Waals surface area (Å²) in [4.78, 5) is 4.23. The van der Waals surface area contributed by atoms with Crippen LogP contribution in [0.4, 0.5) is 0 Å². The Morgan fingerprint density at radius 3 is 2.76 bits per heavy atom. The highest BCUT2D eigenvalue weighted by Crippen LogP contribution is 2.26. The minimum absolute atomic E-state index is 0.254. The molecule has 1 heterocycles. The van der Waals surface area contributed by atoms with Gasteiger partial charge < -0.3 is 9.15 Å². The van der Waals surface area contributed by atoms with Crippen LogP contribution in [0.5, 0.6) is 11.8 Å². The van der Waals surface area contributed by atoms with E-state index < -0.39 is 0 Å². The quantitative estimate of drug-likeness (QED) is 0.702. The number of hydrogen-bond donors (Lipinski definition) is 0. The van der Waals surface area contributed by atoms with E-state index in [-0.39, 0.29) is 6.08 Å². The zero-order chi connectivity index (χ0) is 11.7. The molecule has 1 aromatic heterocycles. The van der Waals surface area contributed by atoms with Crippen molar-refractivity contribution < 1.29 is 9.15 Å². The third-order valence-corrected chi connectivity index (χ3v) is 2.77. The standard InChI is InChI=1S/C13H8BrNO2/c14-9-4-3-5-10(8-9)16-13-15-11-6-1-2-7-12(11)17-13/h1-8H. The molecule has 0 bridgehead atoms. The Bertz CT molecular complexity index is 630. The van der Waals surface area contributed by atoms with E-state index in [0.717, 1.165) is 15.6 Å². The number of para-hydroxylation sites is 2. The number of aromatic nitrogens is 1. The van der Waals surface area contributed by atoms with Crippen molar-refractivity contribution in [2.75, 3.05) is 0 Å². The van der Waals surface area contributed by atoms with Crippen LogP contribution in [0.25, 0.3) is 11.1 Å². The maximum atomic E-state index is 5.54. The Labute approximate surface area is 106 Å². The zero-order valence-corrected chi connectivity index (χ0v) is 10.3. The summed E-state index contributed by atoms with van der Waals surface area (Å²) in [5, 5.41) is 0. The first kappa shape index (κ1) is 10.4. The van der Waals surface area contributed by atoms with E-state index in [1.54, 1.807) is 0 Å². The number of ether oxygens (including phenoxy) is 1. The van der Waals surface area contributed by atoms with Gasteiger partial charge in [0.05, 0.1) is 0 Å². The summed E-state index contributed by atoms with van der Waals surface area (Å²) in [6.45, 7) is 0. The maximum Gasteiger partial charge on any atom is 0.400 e. The van der Waals surface area contributed by atoms with Crippen LogP contribution in [-0.2, 0) is 0 Å². The lowest BCUT2D eigenvalue weighted by Crippen LogP contribution is -1.82. The fraction of sp³-hybridized carbons (Fsp3) is 0. The van der Waals surface area contributed by atoms with Crippen molar-refractivity contribution >= 4 is 27.0 Å². The van der Waals surface area contributed by atoms with E-state index in [2.05, 4.69) is 20.9 Å². The van der Waals surface area contributed by atoms with Crippen molar-refractivity contribution in [3.63, 3.8) is 0 Å². The van der Waals surface area contributed by atoms with Gasteiger partial charge in [0.25, 0.3) is 0 Å². The average Bonchev–Trinajstić information content (AvgIpc) is 2.71. The molecule has 0 amide bonds. The molecule has 84 valence electrons. The van der Waals surface area contributed by atoms with Gasteiger partial charge in [-0.25, -0.2) is 0 Å². The van der Waals surface area contributed by atoms with E-state index >= 15 is 0 Å². The summed E-state index contributed by atoms with van der Waals surface area (Å²) in [5.74, 6) is 0.686. The molecule has 0 atom stereocenters. The SMILES string of the molecule is Brc1cccc(Oc2nc3ccccc3o2)c1. The molecule has 0 aliphatic rings. The van der Waals surface area contributed by atoms with Crippen molar-refractivity contribution in [2.45, 2.75) is 0 Å². The molecular weight excluding hydrogens is 282 g/mol. The molecule has 0 saturated carbocycles. The predicted octanol–water partition coefficient (Wildman–Crippen LogP) is 4.38. The molecule has 3 aromatic rings. The van der Waals surface area contributed by atoms with Crippen molar-refractivity contribution in [2.24, 2.45) is 0 Å². The van der Waals surface area contributed by atoms with Gasteiger partial charge in [0, 0.05) is 4.47 Å². The molecule has 0 saturated heterocycles. The van der Waals surface area contributed by atoms with Crippen LogP contribution in [0.1, 0.15) is 0 Å². The number of benzene rings is 2. The number of halogens is 1. The Morgan fingerprint density at radius 1 is 1.06 bits per heavy atom. The van der Waals surface area contributed by atoms with Crippen LogP contribution in [0.3, 0.4) is 0 Å². The molecule has 0 aliphatic carbocycles. The second kappa shape index (κ2) is 4.22. The van der Waals surface area contributed by atoms with Crippen LogP contribution in [-0.4, -0.2) is 4.98 Å². The highest BCUT2D eigenvalue weighted by molar-refractivity contribution is 9.10. The van der Waals surface area contributed by atoms with Crippen molar-refractivity contribution in [1.29, 1.82) is 0 Å². The molecule has 4 heteroatoms. The van der Waals surface area contributed by atoms with E-state index in [9.17, 15) is 0 Å². The normalized spacial score (nSPS) is 10.6. The number of hydrogen-bond acceptors (Lipinski definition) is 3. The van der Waals surface area contributed by atoms with Gasteiger partial charge in [-0.1, -0.05) is 34.1 Å². The van der Waals surface area contributed by atoms with Crippen LogP contribution in [0.2, 0.25) is 0 Å². The van der Waals surface area contributed by atoms with Gasteiger partial charge in [-0.2, -0.15) is 4.98 Å². The summed E-state index contributed by atoms with van der Waals surface area (Å²) >= 11 is 3.38. The van der Waals surface area contributed by atoms with Gasteiger partial charge in [-0.05, 0) is 30.3 Å². The zero-order valence-electron chi connectivity index (χ0n) is 8.76. The number of rotatable bonds is 2. The fourth-order valence-corrected chi connectivity index (χ4v) is 1.90. The first-order chi connectivity index (χ1) is 8.31. The Hall–Kier alpha value is -1.81. The van der Waals surface area contributed by atoms with Gasteiger partial charge in [0.1, 0.15) is 11.3 Å². The van der Waals surface area contributed by atoms with E-state index in [1.165, 1.54) is 0 Å². The molecular formula is C13H8BrNO2. The Balaban J connectivity index is 1.94. The van der Waals surface area contributed by atoms with Crippen molar-refractivity contribution in [3.8, 4) is 11.8 Å². The summed E-state index contributed by atoms with van der Waals surface area (Å²) in [7, 11) is 0. The molecule has 2 aromatic carbocycles. The van der Waals surface area contributed by atoms with E-state index in [1.807, 2.05) is 48.5 Å². The van der Waals surface area contributed by atoms with E-state index in [0.29, 0.717) is 5.75 Å². The number of nitrogens with zero attached hydrogens (tertiary/aromatic N) is 1. The molecule has 0 radical (unpaired) electrons. The van der Waals surface area contributed by atoms with Crippen LogP contribution >= 0.6 is 15.9 Å². The molecule has 0 spiro atoms. The molecule has 0 unspecified atom stereocenters. The summed E-state index contributed by atoms with van der Waals surface area (Å²) in [6, 6.07) is 15.1. The molecule has 3 nitrogen and oxygen atoms in total. The van der Waals surface area contributed by atoms with Gasteiger partial charge in [0.15, 0.2) is 5.58 Å². The monoisotopic (exact) mass is 289 g/mol. The first-order valence-corrected chi connectivity index (χ1v) is 5.89. The fourth-order valence-electron chi connectivity index (χ4n) is 1.53. The summed E-state index contributed by atoms with van der Waals surface area (Å²) in [5.41, 5.74) is 1.51. The Kier molecular flexibility index (Phi) is 2.57. The highest BCUT2D eigenvalue weighted by Gasteiger charge is 2.06. The van der Waals surface area contributed by atoms with E-state index in [4.69, 9.17) is 9.15 Å². The average molecular weight is 290 g/mol. The molecule has 0 fully saturated rings. The highest BCUT2D eigenvalue weighted by atomic mass is 79.9. The topological polar surface area (TPSA) is 35.3 Å². The summed E-state index contributed by atoms with van der Waals surface area (Å²) < 4.78 is 11.9. The molecule has 3 rings (SSSR count). The predicted molar refractivity (Wildman–Crippen MR) is 68.2 cm³/mol. The maximum absolute atomic E-state index is 5.54. The van der Waals surface area contributed by atoms with Gasteiger partial charge >= 0.3 is 6.08 Å². The van der Waals surface area contributed by atoms with Crippen LogP contribution < -0.4 is 4.74 Å². The third kappa shape index (κ3) is 2.17. The molecule has 17 heavy (non-hydrogen) atoms. The largest absolute Gasteiger partial charge is 0.411 e. The van der Waals surface area contributed by atoms with Crippen molar-refractivity contribution in [1.82, 2.24) is 4.98 Å². The third-order valence-electron chi connectivity index (χ3n) is 2.28. The minimum atomic E-state index is 0.254. The first-order valence-electron chi connectivity index (χ1n) is 5.10. The summed E-state index contributed by atoms with van der Waals surface area (Å²) in [6.07, 6.45) is 0.254. The van der Waals surface area contributed by atoms with Gasteiger partial charge in [0.2, 0.25) is 0 Å². The molecule has 0 aliphatic heterocycles. The van der Waals surface area contributed by atoms with Crippen LogP contribution in [0.15, 0.2) is 57.4 Å². The Morgan fingerprint density at radius 2 is 1.94 bits per heavy atom. The lowest BCUT2D eigenvalue weighted by Gasteiger charge is -1.99. The van der Waals surface area contributed by atoms with Crippen LogP contribution in [0, 0.1) is 0 Å². The number of fused-ring (bicyclic) bond motifs is 1. The molecule has 0 N–H and O–H groups in total. The van der Waals surface area contributed by atoms with Gasteiger partial charge in [-0.15, -0.1) is 0 Å².